The van der Waals surface area contributed by atoms with Gasteiger partial charge in [0.15, 0.2) is 0 Å². The van der Waals surface area contributed by atoms with Crippen LogP contribution in [0.25, 0.3) is 11.1 Å². The van der Waals surface area contributed by atoms with Gasteiger partial charge >= 0.3 is 0 Å². The molecule has 0 atom stereocenters. The molecular weight excluding hydrogens is 302 g/mol. The van der Waals surface area contributed by atoms with Gasteiger partial charge in [-0.15, -0.1) is 0 Å². The van der Waals surface area contributed by atoms with Gasteiger partial charge in [-0.25, -0.2) is 0 Å². The summed E-state index contributed by atoms with van der Waals surface area (Å²) in [5, 5.41) is 0.753. The van der Waals surface area contributed by atoms with E-state index in [-0.39, 0.29) is 0 Å². The minimum Gasteiger partial charge on any atom is -0.380 e. The van der Waals surface area contributed by atoms with Gasteiger partial charge in [-0.3, -0.25) is 0 Å². The van der Waals surface area contributed by atoms with E-state index in [4.69, 9.17) is 16.3 Å². The average molecular weight is 322 g/mol. The Kier molecular flexibility index (Phi) is 5.97. The first-order valence-electron chi connectivity index (χ1n) is 6.90. The van der Waals surface area contributed by atoms with Gasteiger partial charge in [0, 0.05) is 30.6 Å². The van der Waals surface area contributed by atoms with E-state index in [2.05, 4.69) is 36.5 Å². The molecule has 0 aliphatic carbocycles. The number of ether oxygens (including phenoxy) is 1. The molecule has 0 spiro atoms. The van der Waals surface area contributed by atoms with Crippen LogP contribution in [0.3, 0.4) is 0 Å². The first-order valence-corrected chi connectivity index (χ1v) is 8.22. The Bertz CT molecular complexity index is 586. The fourth-order valence-corrected chi connectivity index (χ4v) is 3.01. The van der Waals surface area contributed by atoms with Crippen molar-refractivity contribution in [3.8, 4) is 11.1 Å². The first-order chi connectivity index (χ1) is 10.2. The lowest BCUT2D eigenvalue weighted by atomic mass is 9.99. The van der Waals surface area contributed by atoms with E-state index in [1.807, 2.05) is 24.3 Å². The molecule has 0 fully saturated rings. The van der Waals surface area contributed by atoms with Gasteiger partial charge in [0.05, 0.1) is 6.61 Å². The van der Waals surface area contributed by atoms with E-state index < -0.39 is 0 Å². The van der Waals surface area contributed by atoms with Crippen LogP contribution in [0.1, 0.15) is 12.5 Å². The van der Waals surface area contributed by atoms with Crippen LogP contribution in [0.15, 0.2) is 42.5 Å². The zero-order chi connectivity index (χ0) is 15.2. The second-order valence-corrected chi connectivity index (χ2v) is 6.52. The molecule has 0 heterocycles. The van der Waals surface area contributed by atoms with Crippen molar-refractivity contribution in [2.75, 3.05) is 24.2 Å². The highest BCUT2D eigenvalue weighted by Crippen LogP contribution is 2.30. The van der Waals surface area contributed by atoms with E-state index in [1.54, 1.807) is 19.1 Å². The highest BCUT2D eigenvalue weighted by molar-refractivity contribution is 8.00. The summed E-state index contributed by atoms with van der Waals surface area (Å²) >= 11 is 7.76. The quantitative estimate of drug-likeness (QED) is 0.673. The molecule has 2 aromatic carbocycles. The van der Waals surface area contributed by atoms with Gasteiger partial charge in [0.25, 0.3) is 0 Å². The molecule has 2 aromatic rings. The second kappa shape index (κ2) is 7.74. The molecule has 0 aromatic heterocycles. The van der Waals surface area contributed by atoms with Crippen LogP contribution in [0, 0.1) is 0 Å². The molecule has 0 aliphatic heterocycles. The van der Waals surface area contributed by atoms with Crippen LogP contribution in [0.2, 0.25) is 5.02 Å². The SMILES string of the molecule is CCSN(C)c1ccc(-c2ccc(Cl)cc2)c(COC)c1. The van der Waals surface area contributed by atoms with Crippen molar-refractivity contribution in [3.63, 3.8) is 0 Å². The van der Waals surface area contributed by atoms with Crippen molar-refractivity contribution in [1.29, 1.82) is 0 Å². The third-order valence-corrected chi connectivity index (χ3v) is 4.34. The molecule has 0 unspecified atom stereocenters. The Hall–Kier alpha value is -1.16. The van der Waals surface area contributed by atoms with Crippen molar-refractivity contribution in [3.05, 3.63) is 53.1 Å². The van der Waals surface area contributed by atoms with Gasteiger partial charge in [0.2, 0.25) is 0 Å². The highest BCUT2D eigenvalue weighted by atomic mass is 35.5. The van der Waals surface area contributed by atoms with Crippen LogP contribution >= 0.6 is 23.5 Å². The Morgan fingerprint density at radius 2 is 1.86 bits per heavy atom. The summed E-state index contributed by atoms with van der Waals surface area (Å²) in [5.41, 5.74) is 4.71. The van der Waals surface area contributed by atoms with E-state index in [1.165, 1.54) is 16.8 Å². The van der Waals surface area contributed by atoms with Crippen molar-refractivity contribution in [2.24, 2.45) is 0 Å². The summed E-state index contributed by atoms with van der Waals surface area (Å²) in [4.78, 5) is 0. The van der Waals surface area contributed by atoms with E-state index in [0.717, 1.165) is 16.3 Å². The zero-order valence-electron chi connectivity index (χ0n) is 12.6. The minimum absolute atomic E-state index is 0.594. The van der Waals surface area contributed by atoms with E-state index >= 15 is 0 Å². The van der Waals surface area contributed by atoms with Crippen LogP contribution in [-0.4, -0.2) is 19.9 Å². The molecule has 112 valence electrons. The van der Waals surface area contributed by atoms with E-state index in [0.29, 0.717) is 6.61 Å². The molecule has 0 radical (unpaired) electrons. The highest BCUT2D eigenvalue weighted by Gasteiger charge is 2.09. The zero-order valence-corrected chi connectivity index (χ0v) is 14.2. The lowest BCUT2D eigenvalue weighted by molar-refractivity contribution is 0.185. The lowest BCUT2D eigenvalue weighted by Crippen LogP contribution is -2.07. The maximum Gasteiger partial charge on any atom is 0.0719 e. The summed E-state index contributed by atoms with van der Waals surface area (Å²) in [6, 6.07) is 14.4. The molecule has 2 rings (SSSR count). The smallest absolute Gasteiger partial charge is 0.0719 e. The molecule has 2 nitrogen and oxygen atoms in total. The first kappa shape index (κ1) is 16.2. The number of benzene rings is 2. The van der Waals surface area contributed by atoms with Crippen molar-refractivity contribution in [2.45, 2.75) is 13.5 Å². The average Bonchev–Trinajstić information content (AvgIpc) is 2.49. The maximum absolute atomic E-state index is 5.97. The van der Waals surface area contributed by atoms with Gasteiger partial charge in [-0.2, -0.15) is 0 Å². The fraction of sp³-hybridized carbons (Fsp3) is 0.294. The molecule has 0 bridgehead atoms. The van der Waals surface area contributed by atoms with E-state index in [9.17, 15) is 0 Å². The number of halogens is 1. The topological polar surface area (TPSA) is 12.5 Å². The molecule has 0 amide bonds. The summed E-state index contributed by atoms with van der Waals surface area (Å²) < 4.78 is 7.54. The normalized spacial score (nSPS) is 10.7. The number of methoxy groups -OCH3 is 1. The van der Waals surface area contributed by atoms with Crippen LogP contribution in [0.5, 0.6) is 0 Å². The molecule has 0 saturated heterocycles. The maximum atomic E-state index is 5.97. The molecule has 0 N–H and O–H groups in total. The van der Waals surface area contributed by atoms with Crippen molar-refractivity contribution < 1.29 is 4.74 Å². The summed E-state index contributed by atoms with van der Waals surface area (Å²) in [6.07, 6.45) is 0. The summed E-state index contributed by atoms with van der Waals surface area (Å²) in [7, 11) is 3.81. The van der Waals surface area contributed by atoms with Crippen LogP contribution in [0.4, 0.5) is 5.69 Å². The summed E-state index contributed by atoms with van der Waals surface area (Å²) in [6.45, 7) is 2.75. The third kappa shape index (κ3) is 4.16. The summed E-state index contributed by atoms with van der Waals surface area (Å²) in [5.74, 6) is 1.05. The number of anilines is 1. The predicted octanol–water partition coefficient (Wildman–Crippen LogP) is 5.26. The Labute approximate surface area is 136 Å². The molecule has 21 heavy (non-hydrogen) atoms. The molecule has 0 saturated carbocycles. The Balaban J connectivity index is 2.39. The van der Waals surface area contributed by atoms with Crippen molar-refractivity contribution in [1.82, 2.24) is 0 Å². The standard InChI is InChI=1S/C17H20ClNOS/c1-4-21-19(2)16-9-10-17(14(11-16)12-20-3)13-5-7-15(18)8-6-13/h5-11H,4,12H2,1-3H3. The Morgan fingerprint density at radius 1 is 1.14 bits per heavy atom. The lowest BCUT2D eigenvalue weighted by Gasteiger charge is -2.19. The molecule has 0 aliphatic rings. The minimum atomic E-state index is 0.594. The molecular formula is C17H20ClNOS. The van der Waals surface area contributed by atoms with Gasteiger partial charge in [0.1, 0.15) is 0 Å². The van der Waals surface area contributed by atoms with Gasteiger partial charge in [-0.1, -0.05) is 48.7 Å². The monoisotopic (exact) mass is 321 g/mol. The number of nitrogens with zero attached hydrogens (tertiary/aromatic N) is 1. The largest absolute Gasteiger partial charge is 0.380 e. The van der Waals surface area contributed by atoms with Crippen molar-refractivity contribution >= 4 is 29.2 Å². The fourth-order valence-electron chi connectivity index (χ4n) is 2.23. The van der Waals surface area contributed by atoms with Gasteiger partial charge in [-0.05, 0) is 41.0 Å². The predicted molar refractivity (Wildman–Crippen MR) is 94.1 cm³/mol. The third-order valence-electron chi connectivity index (χ3n) is 3.23. The van der Waals surface area contributed by atoms with Crippen LogP contribution in [-0.2, 0) is 11.3 Å². The Morgan fingerprint density at radius 3 is 2.48 bits per heavy atom. The number of hydrogen-bond acceptors (Lipinski definition) is 3. The number of rotatable bonds is 6. The number of hydrogen-bond donors (Lipinski definition) is 0. The molecule has 4 heteroatoms. The van der Waals surface area contributed by atoms with Crippen LogP contribution < -0.4 is 4.31 Å². The van der Waals surface area contributed by atoms with Gasteiger partial charge < -0.3 is 9.04 Å². The second-order valence-electron chi connectivity index (χ2n) is 4.70.